The molecule has 2 aliphatic heterocycles. The summed E-state index contributed by atoms with van der Waals surface area (Å²) >= 11 is 1.54. The minimum absolute atomic E-state index is 0. The predicted molar refractivity (Wildman–Crippen MR) is 118 cm³/mol. The molecule has 2 aromatic heterocycles. The van der Waals surface area contributed by atoms with Crippen LogP contribution in [0.1, 0.15) is 29.8 Å². The van der Waals surface area contributed by atoms with Crippen molar-refractivity contribution in [1.29, 1.82) is 0 Å². The Morgan fingerprint density at radius 1 is 1.24 bits per heavy atom. The molecule has 0 radical (unpaired) electrons. The molecule has 0 saturated carbocycles. The van der Waals surface area contributed by atoms with Gasteiger partial charge in [0.05, 0.1) is 25.5 Å². The summed E-state index contributed by atoms with van der Waals surface area (Å²) in [4.78, 5) is 25.5. The Bertz CT molecular complexity index is 759. The first-order valence-electron chi connectivity index (χ1n) is 9.43. The van der Waals surface area contributed by atoms with Crippen LogP contribution in [0.2, 0.25) is 0 Å². The number of aromatic nitrogens is 2. The molecule has 10 heteroatoms. The van der Waals surface area contributed by atoms with Crippen LogP contribution in [0, 0.1) is 0 Å². The molecule has 2 fully saturated rings. The number of amides is 1. The van der Waals surface area contributed by atoms with Gasteiger partial charge in [-0.15, -0.1) is 36.2 Å². The van der Waals surface area contributed by atoms with Crippen LogP contribution in [0.5, 0.6) is 5.75 Å². The number of carbonyl (C=O) groups excluding carboxylic acids is 1. The highest BCUT2D eigenvalue weighted by Gasteiger charge is 2.27. The molecule has 1 unspecified atom stereocenters. The number of hydrogen-bond donors (Lipinski definition) is 0. The Morgan fingerprint density at radius 3 is 2.83 bits per heavy atom. The maximum atomic E-state index is 12.7. The quantitative estimate of drug-likeness (QED) is 0.681. The summed E-state index contributed by atoms with van der Waals surface area (Å²) in [6.07, 6.45) is 6.85. The number of anilines is 1. The van der Waals surface area contributed by atoms with Crippen molar-refractivity contribution in [3.8, 4) is 5.75 Å². The van der Waals surface area contributed by atoms with E-state index in [9.17, 15) is 4.79 Å². The number of ether oxygens (including phenoxy) is 2. The van der Waals surface area contributed by atoms with Crippen LogP contribution in [0.4, 0.5) is 5.13 Å². The molecule has 0 bridgehead atoms. The van der Waals surface area contributed by atoms with Gasteiger partial charge >= 0.3 is 0 Å². The van der Waals surface area contributed by atoms with Gasteiger partial charge in [0.1, 0.15) is 18.1 Å². The van der Waals surface area contributed by atoms with E-state index in [1.165, 1.54) is 6.42 Å². The zero-order valence-electron chi connectivity index (χ0n) is 16.1. The average Bonchev–Trinajstić information content (AvgIpc) is 3.23. The minimum atomic E-state index is 0. The fraction of sp³-hybridized carbons (Fsp3) is 0.526. The molecular weight excluding hydrogens is 435 g/mol. The number of morpholine rings is 1. The Kier molecular flexibility index (Phi) is 9.42. The third kappa shape index (κ3) is 5.94. The second kappa shape index (κ2) is 11.5. The van der Waals surface area contributed by atoms with Gasteiger partial charge in [0.2, 0.25) is 0 Å². The van der Waals surface area contributed by atoms with Crippen LogP contribution in [0.15, 0.2) is 29.9 Å². The van der Waals surface area contributed by atoms with E-state index in [4.69, 9.17) is 9.47 Å². The molecule has 160 valence electrons. The highest BCUT2D eigenvalue weighted by Crippen LogP contribution is 2.29. The first kappa shape index (κ1) is 23.7. The van der Waals surface area contributed by atoms with Gasteiger partial charge in [-0.3, -0.25) is 9.78 Å². The van der Waals surface area contributed by atoms with Crippen molar-refractivity contribution < 1.29 is 14.3 Å². The van der Waals surface area contributed by atoms with E-state index in [0.29, 0.717) is 38.6 Å². The molecule has 1 amide bonds. The fourth-order valence-electron chi connectivity index (χ4n) is 3.47. The van der Waals surface area contributed by atoms with E-state index in [1.54, 1.807) is 23.7 Å². The van der Waals surface area contributed by atoms with Gasteiger partial charge < -0.3 is 19.3 Å². The van der Waals surface area contributed by atoms with Gasteiger partial charge in [0.25, 0.3) is 5.91 Å². The smallest absolute Gasteiger partial charge is 0.273 e. The Morgan fingerprint density at radius 2 is 2.07 bits per heavy atom. The fourth-order valence-corrected chi connectivity index (χ4v) is 4.37. The molecule has 2 aromatic rings. The molecule has 4 rings (SSSR count). The topological polar surface area (TPSA) is 67.8 Å². The van der Waals surface area contributed by atoms with Crippen molar-refractivity contribution in [2.45, 2.75) is 25.3 Å². The number of halogens is 2. The zero-order valence-corrected chi connectivity index (χ0v) is 18.5. The molecule has 0 spiro atoms. The van der Waals surface area contributed by atoms with E-state index >= 15 is 0 Å². The summed E-state index contributed by atoms with van der Waals surface area (Å²) < 4.78 is 11.3. The second-order valence-corrected chi connectivity index (χ2v) is 7.60. The molecular formula is C19H26Cl2N4O3S. The Balaban J connectivity index is 0.00000150. The maximum Gasteiger partial charge on any atom is 0.273 e. The SMILES string of the molecule is Cl.Cl.O=C(c1csc(N2CCCCC2COc2cccnc2)n1)N1CCOCC1. The normalized spacial score (nSPS) is 19.1. The molecule has 4 heterocycles. The van der Waals surface area contributed by atoms with E-state index in [1.807, 2.05) is 22.4 Å². The molecule has 1 atom stereocenters. The van der Waals surface area contributed by atoms with Crippen molar-refractivity contribution in [2.75, 3.05) is 44.4 Å². The van der Waals surface area contributed by atoms with Crippen molar-refractivity contribution in [1.82, 2.24) is 14.9 Å². The van der Waals surface area contributed by atoms with Crippen molar-refractivity contribution in [3.05, 3.63) is 35.6 Å². The zero-order chi connectivity index (χ0) is 18.5. The molecule has 2 saturated heterocycles. The van der Waals surface area contributed by atoms with Crippen molar-refractivity contribution in [3.63, 3.8) is 0 Å². The number of pyridine rings is 1. The molecule has 2 aliphatic rings. The predicted octanol–water partition coefficient (Wildman–Crippen LogP) is 3.29. The number of carbonyl (C=O) groups is 1. The van der Waals surface area contributed by atoms with Gasteiger partial charge in [-0.2, -0.15) is 0 Å². The standard InChI is InChI=1S/C19H24N4O3S.2ClH/c24-18(22-8-10-25-11-9-22)17-14-27-19(21-17)23-7-2-1-4-15(23)13-26-16-5-3-6-20-12-16;;/h3,5-6,12,14-15H,1-2,4,7-11,13H2;2*1H. The second-order valence-electron chi connectivity index (χ2n) is 6.76. The Hall–Kier alpha value is -1.61. The number of hydrogen-bond acceptors (Lipinski definition) is 7. The molecule has 0 aromatic carbocycles. The maximum absolute atomic E-state index is 12.7. The number of thiazole rings is 1. The third-order valence-electron chi connectivity index (χ3n) is 4.96. The van der Waals surface area contributed by atoms with Gasteiger partial charge in [-0.1, -0.05) is 0 Å². The minimum Gasteiger partial charge on any atom is -0.490 e. The summed E-state index contributed by atoms with van der Waals surface area (Å²) in [5.74, 6) is 0.784. The first-order chi connectivity index (χ1) is 13.3. The third-order valence-corrected chi connectivity index (χ3v) is 5.84. The molecule has 0 aliphatic carbocycles. The van der Waals surface area contributed by atoms with E-state index in [0.717, 1.165) is 30.3 Å². The summed E-state index contributed by atoms with van der Waals surface area (Å²) in [7, 11) is 0. The van der Waals surface area contributed by atoms with Gasteiger partial charge in [-0.25, -0.2) is 4.98 Å². The highest BCUT2D eigenvalue weighted by molar-refractivity contribution is 7.14. The lowest BCUT2D eigenvalue weighted by atomic mass is 10.0. The van der Waals surface area contributed by atoms with Crippen LogP contribution in [-0.2, 0) is 4.74 Å². The molecule has 29 heavy (non-hydrogen) atoms. The van der Waals surface area contributed by atoms with Crippen molar-refractivity contribution >= 4 is 47.2 Å². The van der Waals surface area contributed by atoms with Gasteiger partial charge in [-0.05, 0) is 31.4 Å². The first-order valence-corrected chi connectivity index (χ1v) is 10.3. The monoisotopic (exact) mass is 460 g/mol. The largest absolute Gasteiger partial charge is 0.490 e. The number of nitrogens with zero attached hydrogens (tertiary/aromatic N) is 4. The van der Waals surface area contributed by atoms with Crippen LogP contribution in [-0.4, -0.2) is 66.3 Å². The van der Waals surface area contributed by atoms with Gasteiger partial charge in [0.15, 0.2) is 5.13 Å². The summed E-state index contributed by atoms with van der Waals surface area (Å²) in [5.41, 5.74) is 0.536. The van der Waals surface area contributed by atoms with E-state index < -0.39 is 0 Å². The summed E-state index contributed by atoms with van der Waals surface area (Å²) in [5, 5.41) is 2.78. The molecule has 7 nitrogen and oxygen atoms in total. The lowest BCUT2D eigenvalue weighted by Crippen LogP contribution is -2.43. The van der Waals surface area contributed by atoms with Gasteiger partial charge in [0, 0.05) is 31.2 Å². The number of rotatable bonds is 5. The van der Waals surface area contributed by atoms with Crippen LogP contribution >= 0.6 is 36.2 Å². The van der Waals surface area contributed by atoms with Crippen LogP contribution in [0.25, 0.3) is 0 Å². The van der Waals surface area contributed by atoms with Crippen LogP contribution in [0.3, 0.4) is 0 Å². The lowest BCUT2D eigenvalue weighted by Gasteiger charge is -2.35. The van der Waals surface area contributed by atoms with Crippen LogP contribution < -0.4 is 9.64 Å². The summed E-state index contributed by atoms with van der Waals surface area (Å²) in [6, 6.07) is 4.05. The Labute approximate surface area is 187 Å². The van der Waals surface area contributed by atoms with Crippen molar-refractivity contribution in [2.24, 2.45) is 0 Å². The average molecular weight is 461 g/mol. The van der Waals surface area contributed by atoms with E-state index in [2.05, 4.69) is 14.9 Å². The van der Waals surface area contributed by atoms with E-state index in [-0.39, 0.29) is 36.8 Å². The lowest BCUT2D eigenvalue weighted by molar-refractivity contribution is 0.0299. The summed E-state index contributed by atoms with van der Waals surface area (Å²) in [6.45, 7) is 4.01. The number of piperidine rings is 1. The highest BCUT2D eigenvalue weighted by atomic mass is 35.5. The molecule has 0 N–H and O–H groups in total.